The van der Waals surface area contributed by atoms with Gasteiger partial charge in [-0.1, -0.05) is 41.7 Å². The molecule has 9 heteroatoms. The first-order valence-electron chi connectivity index (χ1n) is 9.45. The summed E-state index contributed by atoms with van der Waals surface area (Å²) in [5.41, 5.74) is 4.81. The average molecular weight is 445 g/mol. The molecule has 7 nitrogen and oxygen atoms in total. The van der Waals surface area contributed by atoms with Crippen LogP contribution in [-0.4, -0.2) is 30.6 Å². The molecular formula is C21H24N4O3S2. The number of aryl methyl sites for hydroxylation is 2. The third kappa shape index (κ3) is 4.52. The van der Waals surface area contributed by atoms with Crippen LogP contribution in [0.15, 0.2) is 52.9 Å². The normalized spacial score (nSPS) is 11.5. The summed E-state index contributed by atoms with van der Waals surface area (Å²) < 4.78 is 27.5. The van der Waals surface area contributed by atoms with E-state index in [4.69, 9.17) is 0 Å². The van der Waals surface area contributed by atoms with E-state index in [1.54, 1.807) is 38.1 Å². The second kappa shape index (κ2) is 8.93. The number of hydrogen-bond donors (Lipinski definition) is 1. The van der Waals surface area contributed by atoms with Crippen LogP contribution in [0.1, 0.15) is 40.9 Å². The Labute approximate surface area is 180 Å². The van der Waals surface area contributed by atoms with Gasteiger partial charge in [0, 0.05) is 18.2 Å². The van der Waals surface area contributed by atoms with Crippen LogP contribution in [-0.2, 0) is 16.6 Å². The molecule has 3 aromatic rings. The Morgan fingerprint density at radius 3 is 2.27 bits per heavy atom. The minimum atomic E-state index is -3.77. The van der Waals surface area contributed by atoms with Crippen molar-refractivity contribution >= 4 is 32.4 Å². The summed E-state index contributed by atoms with van der Waals surface area (Å²) >= 11 is 1.17. The summed E-state index contributed by atoms with van der Waals surface area (Å²) in [4.78, 5) is 12.7. The first kappa shape index (κ1) is 21.9. The lowest BCUT2D eigenvalue weighted by Crippen LogP contribution is -2.37. The zero-order valence-corrected chi connectivity index (χ0v) is 18.9. The van der Waals surface area contributed by atoms with Crippen molar-refractivity contribution in [3.05, 3.63) is 70.2 Å². The lowest BCUT2D eigenvalue weighted by Gasteiger charge is -2.25. The number of benzene rings is 2. The fraction of sp³-hybridized carbons (Fsp3) is 0.286. The molecule has 1 heterocycles. The number of rotatable bonds is 7. The van der Waals surface area contributed by atoms with Gasteiger partial charge in [-0.2, -0.15) is 0 Å². The Morgan fingerprint density at radius 1 is 1.10 bits per heavy atom. The smallest absolute Gasteiger partial charge is 0.266 e. The fourth-order valence-electron chi connectivity index (χ4n) is 3.20. The van der Waals surface area contributed by atoms with E-state index >= 15 is 0 Å². The molecule has 0 spiro atoms. The maximum absolute atomic E-state index is 13.1. The van der Waals surface area contributed by atoms with Crippen molar-refractivity contribution in [1.82, 2.24) is 15.5 Å². The topological polar surface area (TPSA) is 92.3 Å². The van der Waals surface area contributed by atoms with Crippen molar-refractivity contribution < 1.29 is 13.2 Å². The standard InChI is InChI=1S/C21H24N4O3S2/c1-14(2)25(21-24-23-13-29-21)30(27,28)18-10-8-17(9-11-18)12-22-20(26)19-15(3)6-5-7-16(19)4/h5-11,13-14H,12H2,1-4H3,(H,22,26). The minimum Gasteiger partial charge on any atom is -0.348 e. The predicted molar refractivity (Wildman–Crippen MR) is 118 cm³/mol. The molecule has 0 fully saturated rings. The maximum Gasteiger partial charge on any atom is 0.266 e. The van der Waals surface area contributed by atoms with E-state index in [0.29, 0.717) is 17.2 Å². The lowest BCUT2D eigenvalue weighted by atomic mass is 10.0. The molecule has 1 amide bonds. The molecule has 0 saturated heterocycles. The van der Waals surface area contributed by atoms with Gasteiger partial charge in [0.2, 0.25) is 5.13 Å². The second-order valence-corrected chi connectivity index (χ2v) is 9.84. The van der Waals surface area contributed by atoms with E-state index in [0.717, 1.165) is 16.7 Å². The molecule has 30 heavy (non-hydrogen) atoms. The van der Waals surface area contributed by atoms with Crippen LogP contribution >= 0.6 is 11.3 Å². The van der Waals surface area contributed by atoms with E-state index in [2.05, 4.69) is 15.5 Å². The van der Waals surface area contributed by atoms with Gasteiger partial charge in [0.15, 0.2) is 0 Å². The summed E-state index contributed by atoms with van der Waals surface area (Å²) in [5.74, 6) is -0.149. The van der Waals surface area contributed by atoms with Crippen molar-refractivity contribution in [2.75, 3.05) is 4.31 Å². The van der Waals surface area contributed by atoms with Gasteiger partial charge in [-0.3, -0.25) is 4.79 Å². The lowest BCUT2D eigenvalue weighted by molar-refractivity contribution is 0.0949. The Morgan fingerprint density at radius 2 is 1.73 bits per heavy atom. The Balaban J connectivity index is 1.75. The SMILES string of the molecule is Cc1cccc(C)c1C(=O)NCc1ccc(S(=O)(=O)N(c2nncs2)C(C)C)cc1. The molecule has 0 radical (unpaired) electrons. The molecule has 0 aliphatic carbocycles. The number of anilines is 1. The fourth-order valence-corrected chi connectivity index (χ4v) is 5.73. The van der Waals surface area contributed by atoms with Gasteiger partial charge in [0.05, 0.1) is 4.90 Å². The van der Waals surface area contributed by atoms with Crippen LogP contribution < -0.4 is 9.62 Å². The molecule has 0 aliphatic rings. The molecule has 0 aliphatic heterocycles. The van der Waals surface area contributed by atoms with Gasteiger partial charge in [0.25, 0.3) is 15.9 Å². The van der Waals surface area contributed by atoms with E-state index in [1.807, 2.05) is 32.0 Å². The highest BCUT2D eigenvalue weighted by molar-refractivity contribution is 7.93. The quantitative estimate of drug-likeness (QED) is 0.600. The van der Waals surface area contributed by atoms with Gasteiger partial charge >= 0.3 is 0 Å². The molecule has 1 N–H and O–H groups in total. The van der Waals surface area contributed by atoms with Crippen molar-refractivity contribution in [3.63, 3.8) is 0 Å². The van der Waals surface area contributed by atoms with Gasteiger partial charge in [-0.15, -0.1) is 10.2 Å². The molecule has 1 aromatic heterocycles. The first-order valence-corrected chi connectivity index (χ1v) is 11.8. The number of carbonyl (C=O) groups is 1. The van der Waals surface area contributed by atoms with Crippen molar-refractivity contribution in [1.29, 1.82) is 0 Å². The first-order chi connectivity index (χ1) is 14.2. The van der Waals surface area contributed by atoms with Crippen molar-refractivity contribution in [3.8, 4) is 0 Å². The summed E-state index contributed by atoms with van der Waals surface area (Å²) in [5, 5.41) is 10.9. The van der Waals surface area contributed by atoms with Crippen LogP contribution in [0.4, 0.5) is 5.13 Å². The highest BCUT2D eigenvalue weighted by Crippen LogP contribution is 2.27. The number of hydrogen-bond acceptors (Lipinski definition) is 6. The van der Waals surface area contributed by atoms with E-state index in [-0.39, 0.29) is 16.8 Å². The summed E-state index contributed by atoms with van der Waals surface area (Å²) in [6.07, 6.45) is 0. The van der Waals surface area contributed by atoms with Crippen LogP contribution in [0, 0.1) is 13.8 Å². The monoisotopic (exact) mass is 444 g/mol. The van der Waals surface area contributed by atoms with Crippen LogP contribution in [0.25, 0.3) is 0 Å². The summed E-state index contributed by atoms with van der Waals surface area (Å²) in [6, 6.07) is 11.9. The van der Waals surface area contributed by atoms with E-state index in [9.17, 15) is 13.2 Å². The summed E-state index contributed by atoms with van der Waals surface area (Å²) in [6.45, 7) is 7.68. The highest BCUT2D eigenvalue weighted by Gasteiger charge is 2.29. The maximum atomic E-state index is 13.1. The van der Waals surface area contributed by atoms with E-state index < -0.39 is 10.0 Å². The third-order valence-corrected chi connectivity index (χ3v) is 7.43. The molecule has 2 aromatic carbocycles. The molecule has 158 valence electrons. The van der Waals surface area contributed by atoms with Gasteiger partial charge in [-0.05, 0) is 56.5 Å². The number of amides is 1. The molecule has 0 bridgehead atoms. The number of nitrogens with one attached hydrogen (secondary N) is 1. The van der Waals surface area contributed by atoms with Crippen LogP contribution in [0.2, 0.25) is 0 Å². The average Bonchev–Trinajstić information content (AvgIpc) is 3.20. The molecule has 0 saturated carbocycles. The Bertz CT molecular complexity index is 1110. The number of sulfonamides is 1. The second-order valence-electron chi connectivity index (χ2n) is 7.21. The minimum absolute atomic E-state index is 0.149. The zero-order chi connectivity index (χ0) is 21.9. The van der Waals surface area contributed by atoms with E-state index in [1.165, 1.54) is 21.2 Å². The predicted octanol–water partition coefficient (Wildman–Crippen LogP) is 3.69. The molecule has 0 atom stereocenters. The largest absolute Gasteiger partial charge is 0.348 e. The van der Waals surface area contributed by atoms with Crippen molar-refractivity contribution in [2.24, 2.45) is 0 Å². The van der Waals surface area contributed by atoms with Crippen LogP contribution in [0.5, 0.6) is 0 Å². The number of carbonyl (C=O) groups excluding carboxylic acids is 1. The van der Waals surface area contributed by atoms with Gasteiger partial charge < -0.3 is 5.32 Å². The molecule has 0 unspecified atom stereocenters. The highest BCUT2D eigenvalue weighted by atomic mass is 32.2. The Hall–Kier alpha value is -2.78. The number of nitrogens with zero attached hydrogens (tertiary/aromatic N) is 3. The zero-order valence-electron chi connectivity index (χ0n) is 17.3. The van der Waals surface area contributed by atoms with Crippen LogP contribution in [0.3, 0.4) is 0 Å². The van der Waals surface area contributed by atoms with Crippen molar-refractivity contribution in [2.45, 2.75) is 45.2 Å². The molecule has 3 rings (SSSR count). The Kier molecular flexibility index (Phi) is 6.52. The number of aromatic nitrogens is 2. The summed E-state index contributed by atoms with van der Waals surface area (Å²) in [7, 11) is -3.77. The third-order valence-electron chi connectivity index (χ3n) is 4.65. The molecular weight excluding hydrogens is 420 g/mol. The van der Waals surface area contributed by atoms with Gasteiger partial charge in [-0.25, -0.2) is 12.7 Å². The van der Waals surface area contributed by atoms with Gasteiger partial charge in [0.1, 0.15) is 5.51 Å².